The summed E-state index contributed by atoms with van der Waals surface area (Å²) in [6.45, 7) is 2.72. The van der Waals surface area contributed by atoms with Gasteiger partial charge < -0.3 is 10.6 Å². The van der Waals surface area contributed by atoms with Gasteiger partial charge in [-0.1, -0.05) is 37.1 Å². The van der Waals surface area contributed by atoms with Crippen molar-refractivity contribution < 1.29 is 4.79 Å². The number of nitrogens with zero attached hydrogens (tertiary/aromatic N) is 2. The summed E-state index contributed by atoms with van der Waals surface area (Å²) in [5.41, 5.74) is 1.05. The van der Waals surface area contributed by atoms with E-state index in [1.54, 1.807) is 6.07 Å². The number of hydrogen-bond donors (Lipinski definition) is 2. The fraction of sp³-hybridized carbons (Fsp3) is 0.267. The Balaban J connectivity index is 1.99. The number of unbranched alkanes of at least 4 members (excludes halogenated alkanes) is 1. The highest BCUT2D eigenvalue weighted by atomic mass is 35.5. The molecule has 1 aromatic carbocycles. The van der Waals surface area contributed by atoms with Crippen molar-refractivity contribution >= 4 is 29.0 Å². The van der Waals surface area contributed by atoms with E-state index in [1.165, 1.54) is 12.4 Å². The van der Waals surface area contributed by atoms with Crippen molar-refractivity contribution in [2.75, 3.05) is 11.9 Å². The third-order valence-electron chi connectivity index (χ3n) is 2.84. The molecule has 1 heterocycles. The lowest BCUT2D eigenvalue weighted by molar-refractivity contribution is 0.0948. The Hall–Kier alpha value is -2.14. The number of benzene rings is 1. The molecule has 0 aliphatic heterocycles. The number of carbonyl (C=O) groups is 1. The molecular formula is C15H17ClN4O. The Labute approximate surface area is 128 Å². The van der Waals surface area contributed by atoms with Crippen LogP contribution in [0.15, 0.2) is 36.7 Å². The minimum Gasteiger partial charge on any atom is -0.351 e. The van der Waals surface area contributed by atoms with Gasteiger partial charge in [0.1, 0.15) is 11.5 Å². The molecule has 0 atom stereocenters. The van der Waals surface area contributed by atoms with Crippen LogP contribution in [0, 0.1) is 0 Å². The maximum atomic E-state index is 11.8. The summed E-state index contributed by atoms with van der Waals surface area (Å²) >= 11 is 6.05. The molecule has 2 rings (SSSR count). The van der Waals surface area contributed by atoms with E-state index in [4.69, 9.17) is 11.6 Å². The van der Waals surface area contributed by atoms with E-state index in [2.05, 4.69) is 27.5 Å². The molecule has 0 spiro atoms. The summed E-state index contributed by atoms with van der Waals surface area (Å²) < 4.78 is 0. The Bertz CT molecular complexity index is 601. The quantitative estimate of drug-likeness (QED) is 0.803. The van der Waals surface area contributed by atoms with Crippen LogP contribution in [0.25, 0.3) is 0 Å². The molecule has 110 valence electrons. The van der Waals surface area contributed by atoms with E-state index >= 15 is 0 Å². The Kier molecular flexibility index (Phi) is 5.51. The molecule has 0 bridgehead atoms. The summed E-state index contributed by atoms with van der Waals surface area (Å²) in [5.74, 6) is 0.327. The molecule has 2 N–H and O–H groups in total. The first-order valence-electron chi connectivity index (χ1n) is 6.82. The predicted molar refractivity (Wildman–Crippen MR) is 84.0 cm³/mol. The molecule has 0 aliphatic carbocycles. The summed E-state index contributed by atoms with van der Waals surface area (Å²) in [4.78, 5) is 20.1. The van der Waals surface area contributed by atoms with Gasteiger partial charge in [-0.3, -0.25) is 4.79 Å². The van der Waals surface area contributed by atoms with E-state index in [1.807, 2.05) is 18.2 Å². The maximum Gasteiger partial charge on any atom is 0.271 e. The van der Waals surface area contributed by atoms with Crippen LogP contribution in [0.1, 0.15) is 30.3 Å². The molecule has 0 saturated carbocycles. The van der Waals surface area contributed by atoms with Crippen LogP contribution in [0.4, 0.5) is 11.5 Å². The fourth-order valence-corrected chi connectivity index (χ4v) is 1.86. The van der Waals surface area contributed by atoms with Gasteiger partial charge >= 0.3 is 0 Å². The van der Waals surface area contributed by atoms with Crippen molar-refractivity contribution in [2.24, 2.45) is 0 Å². The standard InChI is InChI=1S/C15H17ClN4O/c1-2-3-8-17-15(21)13-9-19-14(10-18-13)20-12-7-5-4-6-11(12)16/h4-7,9-10H,2-3,8H2,1H3,(H,17,21)(H,19,20). The zero-order chi connectivity index (χ0) is 15.1. The van der Waals surface area contributed by atoms with Gasteiger partial charge in [0.15, 0.2) is 0 Å². The number of halogens is 1. The fourth-order valence-electron chi connectivity index (χ4n) is 1.68. The van der Waals surface area contributed by atoms with Crippen LogP contribution in [0.3, 0.4) is 0 Å². The number of aromatic nitrogens is 2. The predicted octanol–water partition coefficient (Wildman–Crippen LogP) is 3.40. The third-order valence-corrected chi connectivity index (χ3v) is 3.17. The number of carbonyl (C=O) groups excluding carboxylic acids is 1. The molecule has 1 aromatic heterocycles. The maximum absolute atomic E-state index is 11.8. The molecule has 0 aliphatic rings. The van der Waals surface area contributed by atoms with Crippen LogP contribution in [-0.4, -0.2) is 22.4 Å². The molecule has 6 heteroatoms. The van der Waals surface area contributed by atoms with Crippen molar-refractivity contribution in [2.45, 2.75) is 19.8 Å². The third kappa shape index (κ3) is 4.43. The van der Waals surface area contributed by atoms with Gasteiger partial charge in [0.2, 0.25) is 0 Å². The highest BCUT2D eigenvalue weighted by Gasteiger charge is 2.07. The SMILES string of the molecule is CCCCNC(=O)c1cnc(Nc2ccccc2Cl)cn1. The number of rotatable bonds is 6. The molecule has 0 radical (unpaired) electrons. The average molecular weight is 305 g/mol. The van der Waals surface area contributed by atoms with Gasteiger partial charge in [0.05, 0.1) is 23.1 Å². The summed E-state index contributed by atoms with van der Waals surface area (Å²) in [5, 5.41) is 6.45. The van der Waals surface area contributed by atoms with Gasteiger partial charge in [-0.2, -0.15) is 0 Å². The molecule has 0 unspecified atom stereocenters. The van der Waals surface area contributed by atoms with Gasteiger partial charge in [0.25, 0.3) is 5.91 Å². The number of hydrogen-bond acceptors (Lipinski definition) is 4. The Morgan fingerprint density at radius 2 is 2.05 bits per heavy atom. The van der Waals surface area contributed by atoms with E-state index in [0.717, 1.165) is 18.5 Å². The molecule has 0 fully saturated rings. The summed E-state index contributed by atoms with van der Waals surface area (Å²) in [6, 6.07) is 7.35. The molecule has 21 heavy (non-hydrogen) atoms. The van der Waals surface area contributed by atoms with Crippen LogP contribution >= 0.6 is 11.6 Å². The number of para-hydroxylation sites is 1. The minimum atomic E-state index is -0.208. The average Bonchev–Trinajstić information content (AvgIpc) is 2.50. The van der Waals surface area contributed by atoms with Crippen molar-refractivity contribution in [3.63, 3.8) is 0 Å². The van der Waals surface area contributed by atoms with Crippen molar-refractivity contribution in [3.05, 3.63) is 47.4 Å². The summed E-state index contributed by atoms with van der Waals surface area (Å²) in [6.07, 6.45) is 4.94. The molecule has 0 saturated heterocycles. The monoisotopic (exact) mass is 304 g/mol. The number of nitrogens with one attached hydrogen (secondary N) is 2. The summed E-state index contributed by atoms with van der Waals surface area (Å²) in [7, 11) is 0. The Morgan fingerprint density at radius 3 is 2.71 bits per heavy atom. The smallest absolute Gasteiger partial charge is 0.271 e. The van der Waals surface area contributed by atoms with Crippen molar-refractivity contribution in [3.8, 4) is 0 Å². The second kappa shape index (κ2) is 7.59. The van der Waals surface area contributed by atoms with E-state index in [0.29, 0.717) is 23.1 Å². The largest absolute Gasteiger partial charge is 0.351 e. The highest BCUT2D eigenvalue weighted by molar-refractivity contribution is 6.33. The molecule has 5 nitrogen and oxygen atoms in total. The van der Waals surface area contributed by atoms with Gasteiger partial charge in [-0.15, -0.1) is 0 Å². The first kappa shape index (κ1) is 15.3. The first-order chi connectivity index (χ1) is 10.2. The lowest BCUT2D eigenvalue weighted by Gasteiger charge is -2.07. The Morgan fingerprint density at radius 1 is 1.24 bits per heavy atom. The van der Waals surface area contributed by atoms with E-state index < -0.39 is 0 Å². The second-order valence-corrected chi connectivity index (χ2v) is 4.91. The zero-order valence-electron chi connectivity index (χ0n) is 11.8. The van der Waals surface area contributed by atoms with E-state index in [-0.39, 0.29) is 5.91 Å². The molecule has 1 amide bonds. The van der Waals surface area contributed by atoms with Crippen molar-refractivity contribution in [1.82, 2.24) is 15.3 Å². The minimum absolute atomic E-state index is 0.208. The highest BCUT2D eigenvalue weighted by Crippen LogP contribution is 2.23. The lowest BCUT2D eigenvalue weighted by atomic mass is 10.3. The second-order valence-electron chi connectivity index (χ2n) is 4.50. The van der Waals surface area contributed by atoms with Crippen LogP contribution in [0.5, 0.6) is 0 Å². The molecule has 2 aromatic rings. The van der Waals surface area contributed by atoms with Gasteiger partial charge in [0, 0.05) is 6.54 Å². The number of amides is 1. The van der Waals surface area contributed by atoms with E-state index in [9.17, 15) is 4.79 Å². The van der Waals surface area contributed by atoms with Crippen LogP contribution in [0.2, 0.25) is 5.02 Å². The topological polar surface area (TPSA) is 66.9 Å². The zero-order valence-corrected chi connectivity index (χ0v) is 12.5. The van der Waals surface area contributed by atoms with Crippen LogP contribution in [-0.2, 0) is 0 Å². The van der Waals surface area contributed by atoms with Crippen molar-refractivity contribution in [1.29, 1.82) is 0 Å². The first-order valence-corrected chi connectivity index (χ1v) is 7.20. The van der Waals surface area contributed by atoms with Gasteiger partial charge in [-0.25, -0.2) is 9.97 Å². The van der Waals surface area contributed by atoms with Crippen LogP contribution < -0.4 is 10.6 Å². The van der Waals surface area contributed by atoms with Gasteiger partial charge in [-0.05, 0) is 18.6 Å². The normalized spacial score (nSPS) is 10.2. The lowest BCUT2D eigenvalue weighted by Crippen LogP contribution is -2.25. The number of anilines is 2. The molecular weight excluding hydrogens is 288 g/mol.